The van der Waals surface area contributed by atoms with Gasteiger partial charge in [-0.25, -0.2) is 0 Å². The third kappa shape index (κ3) is 5.09. The third-order valence-electron chi connectivity index (χ3n) is 3.92. The van der Waals surface area contributed by atoms with Gasteiger partial charge < -0.3 is 20.3 Å². The highest BCUT2D eigenvalue weighted by molar-refractivity contribution is 5.56. The zero-order valence-corrected chi connectivity index (χ0v) is 13.5. The van der Waals surface area contributed by atoms with E-state index in [1.807, 2.05) is 6.92 Å². The van der Waals surface area contributed by atoms with Crippen molar-refractivity contribution in [2.45, 2.75) is 25.7 Å². The topological polar surface area (TPSA) is 36.5 Å². The van der Waals surface area contributed by atoms with E-state index in [0.717, 1.165) is 31.9 Å². The van der Waals surface area contributed by atoms with Gasteiger partial charge in [-0.1, -0.05) is 0 Å². The number of halogens is 3. The molecule has 0 bridgehead atoms. The Morgan fingerprint density at radius 1 is 1.30 bits per heavy atom. The lowest BCUT2D eigenvalue weighted by Crippen LogP contribution is -2.44. The Morgan fingerprint density at radius 2 is 2.00 bits per heavy atom. The summed E-state index contributed by atoms with van der Waals surface area (Å²) in [7, 11) is 1.61. The average Bonchev–Trinajstić information content (AvgIpc) is 2.53. The first-order valence-corrected chi connectivity index (χ1v) is 7.80. The van der Waals surface area contributed by atoms with Crippen molar-refractivity contribution in [1.29, 1.82) is 0 Å². The minimum atomic E-state index is -4.32. The lowest BCUT2D eigenvalue weighted by molar-refractivity contribution is -0.137. The van der Waals surface area contributed by atoms with E-state index in [4.69, 9.17) is 4.74 Å². The molecule has 1 aliphatic heterocycles. The highest BCUT2D eigenvalue weighted by atomic mass is 19.4. The molecule has 23 heavy (non-hydrogen) atoms. The van der Waals surface area contributed by atoms with E-state index in [-0.39, 0.29) is 6.04 Å². The van der Waals surface area contributed by atoms with Gasteiger partial charge in [0.15, 0.2) is 0 Å². The summed E-state index contributed by atoms with van der Waals surface area (Å²) in [4.78, 5) is 2.13. The molecule has 1 aromatic carbocycles. The summed E-state index contributed by atoms with van der Waals surface area (Å²) in [5.41, 5.74) is 0.939. The summed E-state index contributed by atoms with van der Waals surface area (Å²) in [6, 6.07) is 4.08. The molecule has 1 atom stereocenters. The fraction of sp³-hybridized carbons (Fsp3) is 0.625. The fourth-order valence-corrected chi connectivity index (χ4v) is 2.71. The Balaban J connectivity index is 2.21. The molecule has 7 heteroatoms. The minimum absolute atomic E-state index is 0.0745. The maximum atomic E-state index is 13.0. The highest BCUT2D eigenvalue weighted by Gasteiger charge is 2.31. The van der Waals surface area contributed by atoms with Crippen LogP contribution < -0.4 is 15.5 Å². The maximum absolute atomic E-state index is 13.0. The normalized spacial score (nSPS) is 17.3. The quantitative estimate of drug-likeness (QED) is 0.838. The monoisotopic (exact) mass is 331 g/mol. The van der Waals surface area contributed by atoms with Crippen molar-refractivity contribution in [2.24, 2.45) is 0 Å². The van der Waals surface area contributed by atoms with Crippen LogP contribution in [0.3, 0.4) is 0 Å². The summed E-state index contributed by atoms with van der Waals surface area (Å²) in [6.07, 6.45) is -4.32. The van der Waals surface area contributed by atoms with E-state index in [1.54, 1.807) is 13.2 Å². The zero-order valence-electron chi connectivity index (χ0n) is 13.5. The second kappa shape index (κ2) is 7.99. The van der Waals surface area contributed by atoms with Crippen LogP contribution in [-0.4, -0.2) is 45.9 Å². The van der Waals surface area contributed by atoms with Gasteiger partial charge in [0, 0.05) is 51.6 Å². The number of piperazine rings is 1. The number of hydrogen-bond acceptors (Lipinski definition) is 4. The predicted molar refractivity (Wildman–Crippen MR) is 84.7 cm³/mol. The van der Waals surface area contributed by atoms with Crippen LogP contribution in [0.2, 0.25) is 0 Å². The number of rotatable bonds is 6. The highest BCUT2D eigenvalue weighted by Crippen LogP contribution is 2.33. The van der Waals surface area contributed by atoms with Crippen LogP contribution in [0.25, 0.3) is 0 Å². The first-order chi connectivity index (χ1) is 10.9. The van der Waals surface area contributed by atoms with Crippen LogP contribution in [0.1, 0.15) is 18.1 Å². The number of alkyl halides is 3. The second-order valence-corrected chi connectivity index (χ2v) is 5.82. The van der Waals surface area contributed by atoms with Gasteiger partial charge in [-0.3, -0.25) is 0 Å². The van der Waals surface area contributed by atoms with Crippen molar-refractivity contribution in [3.8, 4) is 0 Å². The molecule has 0 spiro atoms. The molecular formula is C16H24F3N3O. The lowest BCUT2D eigenvalue weighted by Gasteiger charge is -2.32. The molecule has 1 fully saturated rings. The van der Waals surface area contributed by atoms with E-state index in [9.17, 15) is 13.2 Å². The van der Waals surface area contributed by atoms with E-state index < -0.39 is 11.7 Å². The molecule has 2 N–H and O–H groups in total. The number of methoxy groups -OCH3 is 1. The smallest absolute Gasteiger partial charge is 0.383 e. The van der Waals surface area contributed by atoms with Gasteiger partial charge in [-0.05, 0) is 30.7 Å². The number of nitrogens with zero attached hydrogens (tertiary/aromatic N) is 1. The molecule has 1 saturated heterocycles. The Kier molecular flexibility index (Phi) is 6.26. The average molecular weight is 331 g/mol. The van der Waals surface area contributed by atoms with E-state index >= 15 is 0 Å². The molecular weight excluding hydrogens is 307 g/mol. The van der Waals surface area contributed by atoms with Gasteiger partial charge in [-0.15, -0.1) is 0 Å². The van der Waals surface area contributed by atoms with E-state index in [0.29, 0.717) is 18.7 Å². The molecule has 130 valence electrons. The van der Waals surface area contributed by atoms with Gasteiger partial charge in [0.2, 0.25) is 0 Å². The molecule has 1 unspecified atom stereocenters. The van der Waals surface area contributed by atoms with Gasteiger partial charge in [0.25, 0.3) is 0 Å². The van der Waals surface area contributed by atoms with Crippen molar-refractivity contribution in [3.63, 3.8) is 0 Å². The molecule has 2 rings (SSSR count). The standard InChI is InChI=1S/C16H24F3N3O/c1-12(11-23-2)21-10-13-9-14(16(17,18)19)3-4-15(13)22-7-5-20-6-8-22/h3-4,9,12,20-21H,5-8,10-11H2,1-2H3. The van der Waals surface area contributed by atoms with Crippen LogP contribution >= 0.6 is 0 Å². The SMILES string of the molecule is COCC(C)NCc1cc(C(F)(F)F)ccc1N1CCNCC1. The Bertz CT molecular complexity index is 502. The van der Waals surface area contributed by atoms with E-state index in [1.165, 1.54) is 12.1 Å². The molecule has 4 nitrogen and oxygen atoms in total. The van der Waals surface area contributed by atoms with Crippen LogP contribution in [0, 0.1) is 0 Å². The number of nitrogens with one attached hydrogen (secondary N) is 2. The number of benzene rings is 1. The predicted octanol–water partition coefficient (Wildman–Crippen LogP) is 2.24. The lowest BCUT2D eigenvalue weighted by atomic mass is 10.1. The number of ether oxygens (including phenoxy) is 1. The van der Waals surface area contributed by atoms with Crippen molar-refractivity contribution < 1.29 is 17.9 Å². The summed E-state index contributed by atoms with van der Waals surface area (Å²) < 4.78 is 44.0. The molecule has 0 aliphatic carbocycles. The fourth-order valence-electron chi connectivity index (χ4n) is 2.71. The summed E-state index contributed by atoms with van der Waals surface area (Å²) >= 11 is 0. The van der Waals surface area contributed by atoms with Gasteiger partial charge in [0.1, 0.15) is 0 Å². The van der Waals surface area contributed by atoms with E-state index in [2.05, 4.69) is 15.5 Å². The van der Waals surface area contributed by atoms with Crippen molar-refractivity contribution in [2.75, 3.05) is 44.8 Å². The molecule has 1 aromatic rings. The largest absolute Gasteiger partial charge is 0.416 e. The Hall–Kier alpha value is -1.31. The second-order valence-electron chi connectivity index (χ2n) is 5.82. The van der Waals surface area contributed by atoms with Crippen LogP contribution in [-0.2, 0) is 17.5 Å². The van der Waals surface area contributed by atoms with Crippen molar-refractivity contribution in [1.82, 2.24) is 10.6 Å². The van der Waals surface area contributed by atoms with Crippen LogP contribution in [0.15, 0.2) is 18.2 Å². The van der Waals surface area contributed by atoms with Crippen LogP contribution in [0.4, 0.5) is 18.9 Å². The molecule has 0 saturated carbocycles. The number of hydrogen-bond donors (Lipinski definition) is 2. The molecule has 0 aromatic heterocycles. The van der Waals surface area contributed by atoms with Crippen LogP contribution in [0.5, 0.6) is 0 Å². The Labute approximate surface area is 135 Å². The van der Waals surface area contributed by atoms with Crippen molar-refractivity contribution >= 4 is 5.69 Å². The number of anilines is 1. The summed E-state index contributed by atoms with van der Waals surface area (Å²) in [6.45, 7) is 6.12. The maximum Gasteiger partial charge on any atom is 0.416 e. The first kappa shape index (κ1) is 18.0. The summed E-state index contributed by atoms with van der Waals surface area (Å²) in [5.74, 6) is 0. The Morgan fingerprint density at radius 3 is 2.61 bits per heavy atom. The van der Waals surface area contributed by atoms with Crippen molar-refractivity contribution in [3.05, 3.63) is 29.3 Å². The third-order valence-corrected chi connectivity index (χ3v) is 3.92. The molecule has 0 radical (unpaired) electrons. The molecule has 1 aliphatic rings. The van der Waals surface area contributed by atoms with Gasteiger partial charge in [0.05, 0.1) is 12.2 Å². The zero-order chi connectivity index (χ0) is 16.9. The van der Waals surface area contributed by atoms with Gasteiger partial charge in [-0.2, -0.15) is 13.2 Å². The van der Waals surface area contributed by atoms with Gasteiger partial charge >= 0.3 is 6.18 Å². The molecule has 0 amide bonds. The first-order valence-electron chi connectivity index (χ1n) is 7.80. The molecule has 1 heterocycles. The minimum Gasteiger partial charge on any atom is -0.383 e. The summed E-state index contributed by atoms with van der Waals surface area (Å²) in [5, 5.41) is 6.48.